The smallest absolute Gasteiger partial charge is 0.150 e. The van der Waals surface area contributed by atoms with E-state index in [1.165, 1.54) is 0 Å². The Hall–Kier alpha value is -2.65. The molecule has 0 aromatic heterocycles. The van der Waals surface area contributed by atoms with Crippen molar-refractivity contribution in [2.75, 3.05) is 0 Å². The SMILES string of the molecule is N#Cc1ccc(C#N)c2cc(C=O)ccc12. The van der Waals surface area contributed by atoms with Crippen LogP contribution in [0.5, 0.6) is 0 Å². The van der Waals surface area contributed by atoms with Crippen molar-refractivity contribution in [2.24, 2.45) is 0 Å². The second-order valence-electron chi connectivity index (χ2n) is 3.31. The zero-order valence-corrected chi connectivity index (χ0v) is 8.27. The maximum absolute atomic E-state index is 10.7. The first-order chi connectivity index (χ1) is 7.80. The molecule has 0 unspecified atom stereocenters. The predicted octanol–water partition coefficient (Wildman–Crippen LogP) is 2.40. The number of carbonyl (C=O) groups is 1. The molecule has 74 valence electrons. The zero-order chi connectivity index (χ0) is 11.5. The molecule has 2 rings (SSSR count). The summed E-state index contributed by atoms with van der Waals surface area (Å²) < 4.78 is 0. The summed E-state index contributed by atoms with van der Waals surface area (Å²) >= 11 is 0. The van der Waals surface area contributed by atoms with Gasteiger partial charge in [-0.1, -0.05) is 12.1 Å². The Bertz CT molecular complexity index is 660. The summed E-state index contributed by atoms with van der Waals surface area (Å²) in [4.78, 5) is 10.7. The molecule has 2 aromatic carbocycles. The van der Waals surface area contributed by atoms with Gasteiger partial charge in [0.15, 0.2) is 0 Å². The Kier molecular flexibility index (Phi) is 2.37. The van der Waals surface area contributed by atoms with E-state index in [0.717, 1.165) is 6.29 Å². The van der Waals surface area contributed by atoms with Crippen molar-refractivity contribution in [3.05, 3.63) is 47.0 Å². The molecule has 0 saturated heterocycles. The highest BCUT2D eigenvalue weighted by molar-refractivity contribution is 5.95. The first kappa shape index (κ1) is 9.89. The number of aldehydes is 1. The van der Waals surface area contributed by atoms with Gasteiger partial charge < -0.3 is 0 Å². The van der Waals surface area contributed by atoms with Crippen LogP contribution < -0.4 is 0 Å². The molecular formula is C13H6N2O. The number of nitrogens with zero attached hydrogens (tertiary/aromatic N) is 2. The van der Waals surface area contributed by atoms with Crippen LogP contribution in [0.15, 0.2) is 30.3 Å². The summed E-state index contributed by atoms with van der Waals surface area (Å²) in [6.07, 6.45) is 0.722. The molecule has 0 atom stereocenters. The molecular weight excluding hydrogens is 200 g/mol. The fourth-order valence-electron chi connectivity index (χ4n) is 1.63. The fourth-order valence-corrected chi connectivity index (χ4v) is 1.63. The van der Waals surface area contributed by atoms with E-state index in [0.29, 0.717) is 27.5 Å². The van der Waals surface area contributed by atoms with Gasteiger partial charge in [0.05, 0.1) is 23.3 Å². The predicted molar refractivity (Wildman–Crippen MR) is 58.8 cm³/mol. The zero-order valence-electron chi connectivity index (χ0n) is 8.27. The summed E-state index contributed by atoms with van der Waals surface area (Å²) in [6, 6.07) is 12.3. The third-order valence-corrected chi connectivity index (χ3v) is 2.42. The van der Waals surface area contributed by atoms with Gasteiger partial charge in [-0.15, -0.1) is 0 Å². The van der Waals surface area contributed by atoms with E-state index in [4.69, 9.17) is 10.5 Å². The van der Waals surface area contributed by atoms with Gasteiger partial charge in [-0.25, -0.2) is 0 Å². The number of hydrogen-bond acceptors (Lipinski definition) is 3. The van der Waals surface area contributed by atoms with E-state index < -0.39 is 0 Å². The second kappa shape index (κ2) is 3.84. The van der Waals surface area contributed by atoms with Crippen LogP contribution in [-0.4, -0.2) is 6.29 Å². The molecule has 0 bridgehead atoms. The van der Waals surface area contributed by atoms with Crippen molar-refractivity contribution in [1.29, 1.82) is 10.5 Å². The number of hydrogen-bond donors (Lipinski definition) is 0. The van der Waals surface area contributed by atoms with Gasteiger partial charge in [-0.3, -0.25) is 4.79 Å². The van der Waals surface area contributed by atoms with Crippen molar-refractivity contribution >= 4 is 17.1 Å². The van der Waals surface area contributed by atoms with E-state index in [1.54, 1.807) is 30.3 Å². The molecule has 3 heteroatoms. The molecule has 0 heterocycles. The van der Waals surface area contributed by atoms with Crippen LogP contribution in [0.3, 0.4) is 0 Å². The molecule has 0 aliphatic heterocycles. The highest BCUT2D eigenvalue weighted by Crippen LogP contribution is 2.23. The van der Waals surface area contributed by atoms with Gasteiger partial charge in [0, 0.05) is 16.3 Å². The van der Waals surface area contributed by atoms with Crippen LogP contribution in [0.1, 0.15) is 21.5 Å². The third kappa shape index (κ3) is 1.41. The molecule has 0 aliphatic rings. The fraction of sp³-hybridized carbons (Fsp3) is 0. The number of nitriles is 2. The van der Waals surface area contributed by atoms with Gasteiger partial charge in [0.2, 0.25) is 0 Å². The minimum atomic E-state index is 0.470. The Morgan fingerprint density at radius 1 is 0.938 bits per heavy atom. The summed E-state index contributed by atoms with van der Waals surface area (Å²) in [5.74, 6) is 0. The lowest BCUT2D eigenvalue weighted by Gasteiger charge is -2.02. The van der Waals surface area contributed by atoms with Crippen LogP contribution in [0.4, 0.5) is 0 Å². The van der Waals surface area contributed by atoms with Gasteiger partial charge in [-0.2, -0.15) is 10.5 Å². The van der Waals surface area contributed by atoms with Gasteiger partial charge in [0.1, 0.15) is 6.29 Å². The normalized spacial score (nSPS) is 9.38. The summed E-state index contributed by atoms with van der Waals surface area (Å²) in [5, 5.41) is 19.2. The van der Waals surface area contributed by atoms with Crippen LogP contribution in [0.25, 0.3) is 10.8 Å². The quantitative estimate of drug-likeness (QED) is 0.673. The Balaban J connectivity index is 2.93. The summed E-state index contributed by atoms with van der Waals surface area (Å²) in [5.41, 5.74) is 1.48. The van der Waals surface area contributed by atoms with E-state index in [2.05, 4.69) is 6.07 Å². The highest BCUT2D eigenvalue weighted by atomic mass is 16.1. The minimum absolute atomic E-state index is 0.470. The summed E-state index contributed by atoms with van der Waals surface area (Å²) in [6.45, 7) is 0. The van der Waals surface area contributed by atoms with Gasteiger partial charge in [-0.05, 0) is 18.2 Å². The van der Waals surface area contributed by atoms with Crippen LogP contribution in [0.2, 0.25) is 0 Å². The lowest BCUT2D eigenvalue weighted by molar-refractivity contribution is 0.112. The second-order valence-corrected chi connectivity index (χ2v) is 3.31. The highest BCUT2D eigenvalue weighted by Gasteiger charge is 2.06. The number of fused-ring (bicyclic) bond motifs is 1. The van der Waals surface area contributed by atoms with Gasteiger partial charge >= 0.3 is 0 Å². The van der Waals surface area contributed by atoms with Crippen molar-refractivity contribution in [3.8, 4) is 12.1 Å². The maximum atomic E-state index is 10.7. The van der Waals surface area contributed by atoms with Crippen molar-refractivity contribution in [2.45, 2.75) is 0 Å². The number of benzene rings is 2. The van der Waals surface area contributed by atoms with E-state index in [1.807, 2.05) is 6.07 Å². The van der Waals surface area contributed by atoms with E-state index >= 15 is 0 Å². The lowest BCUT2D eigenvalue weighted by Crippen LogP contribution is -1.87. The molecule has 0 N–H and O–H groups in total. The standard InChI is InChI=1S/C13H6N2O/c14-6-10-2-3-11(7-15)13-5-9(8-16)1-4-12(10)13/h1-5,8H. The maximum Gasteiger partial charge on any atom is 0.150 e. The first-order valence-electron chi connectivity index (χ1n) is 4.62. The Morgan fingerprint density at radius 2 is 1.56 bits per heavy atom. The largest absolute Gasteiger partial charge is 0.298 e. The van der Waals surface area contributed by atoms with Crippen LogP contribution >= 0.6 is 0 Å². The molecule has 0 radical (unpaired) electrons. The monoisotopic (exact) mass is 206 g/mol. The van der Waals surface area contributed by atoms with Crippen molar-refractivity contribution in [3.63, 3.8) is 0 Å². The number of carbonyl (C=O) groups excluding carboxylic acids is 1. The average Bonchev–Trinajstić information content (AvgIpc) is 2.36. The Morgan fingerprint density at radius 3 is 2.12 bits per heavy atom. The Labute approximate surface area is 92.2 Å². The van der Waals surface area contributed by atoms with Crippen LogP contribution in [0, 0.1) is 22.7 Å². The van der Waals surface area contributed by atoms with E-state index in [9.17, 15) is 4.79 Å². The molecule has 0 fully saturated rings. The van der Waals surface area contributed by atoms with E-state index in [-0.39, 0.29) is 0 Å². The molecule has 3 nitrogen and oxygen atoms in total. The van der Waals surface area contributed by atoms with Crippen molar-refractivity contribution in [1.82, 2.24) is 0 Å². The topological polar surface area (TPSA) is 64.7 Å². The van der Waals surface area contributed by atoms with Gasteiger partial charge in [0.25, 0.3) is 0 Å². The van der Waals surface area contributed by atoms with Crippen LogP contribution in [-0.2, 0) is 0 Å². The third-order valence-electron chi connectivity index (χ3n) is 2.42. The lowest BCUT2D eigenvalue weighted by atomic mass is 9.99. The molecule has 0 aliphatic carbocycles. The molecule has 16 heavy (non-hydrogen) atoms. The van der Waals surface area contributed by atoms with Crippen molar-refractivity contribution < 1.29 is 4.79 Å². The molecule has 2 aromatic rings. The molecule has 0 spiro atoms. The number of rotatable bonds is 1. The summed E-state index contributed by atoms with van der Waals surface area (Å²) in [7, 11) is 0. The molecule has 0 saturated carbocycles. The molecule has 0 amide bonds. The average molecular weight is 206 g/mol. The minimum Gasteiger partial charge on any atom is -0.298 e. The first-order valence-corrected chi connectivity index (χ1v) is 4.62.